The first-order chi connectivity index (χ1) is 9.49. The molecule has 0 aliphatic rings. The molecule has 0 unspecified atom stereocenters. The zero-order valence-electron chi connectivity index (χ0n) is 11.8. The second kappa shape index (κ2) is 5.96. The van der Waals surface area contributed by atoms with E-state index in [2.05, 4.69) is 27.3 Å². The minimum atomic E-state index is 0.272. The predicted octanol–water partition coefficient (Wildman–Crippen LogP) is 1.33. The van der Waals surface area contributed by atoms with Crippen LogP contribution in [-0.4, -0.2) is 24.7 Å². The van der Waals surface area contributed by atoms with Crippen molar-refractivity contribution < 1.29 is 0 Å². The number of aryl methyl sites for hydroxylation is 3. The highest BCUT2D eigenvalue weighted by atomic mass is 32.1. The highest BCUT2D eigenvalue weighted by Crippen LogP contribution is 2.10. The van der Waals surface area contributed by atoms with Crippen LogP contribution in [0.3, 0.4) is 0 Å². The lowest BCUT2D eigenvalue weighted by atomic mass is 10.2. The largest absolute Gasteiger partial charge is 0.388 e. The summed E-state index contributed by atoms with van der Waals surface area (Å²) in [4.78, 5) is 8.90. The second-order valence-electron chi connectivity index (χ2n) is 4.56. The maximum Gasteiger partial charge on any atom is 0.223 e. The third-order valence-corrected chi connectivity index (χ3v) is 3.08. The van der Waals surface area contributed by atoms with E-state index in [4.69, 9.17) is 18.0 Å². The van der Waals surface area contributed by atoms with Crippen molar-refractivity contribution in [2.45, 2.75) is 26.8 Å². The second-order valence-corrected chi connectivity index (χ2v) is 5.00. The van der Waals surface area contributed by atoms with Crippen molar-refractivity contribution in [2.75, 3.05) is 5.32 Å². The van der Waals surface area contributed by atoms with Gasteiger partial charge in [-0.2, -0.15) is 5.10 Å². The Morgan fingerprint density at radius 2 is 2.20 bits per heavy atom. The summed E-state index contributed by atoms with van der Waals surface area (Å²) in [6.45, 7) is 4.59. The molecule has 0 radical (unpaired) electrons. The monoisotopic (exact) mass is 290 g/mol. The Bertz CT molecular complexity index is 634. The minimum Gasteiger partial charge on any atom is -0.388 e. The van der Waals surface area contributed by atoms with E-state index >= 15 is 0 Å². The normalized spacial score (nSPS) is 10.6. The van der Waals surface area contributed by atoms with Crippen LogP contribution in [0, 0.1) is 6.92 Å². The van der Waals surface area contributed by atoms with Gasteiger partial charge in [-0.15, -0.1) is 0 Å². The lowest BCUT2D eigenvalue weighted by Crippen LogP contribution is -2.14. The topological polar surface area (TPSA) is 81.7 Å². The molecule has 0 aromatic carbocycles. The quantitative estimate of drug-likeness (QED) is 0.808. The Balaban J connectivity index is 2.16. The Hall–Kier alpha value is -2.02. The fraction of sp³-hybridized carbons (Fsp3) is 0.385. The number of rotatable bonds is 5. The average Bonchev–Trinajstić information content (AvgIpc) is 2.76. The van der Waals surface area contributed by atoms with Crippen molar-refractivity contribution in [3.8, 4) is 0 Å². The molecule has 0 aliphatic heterocycles. The van der Waals surface area contributed by atoms with Crippen molar-refractivity contribution in [3.63, 3.8) is 0 Å². The molecular weight excluding hydrogens is 272 g/mol. The van der Waals surface area contributed by atoms with E-state index in [9.17, 15) is 0 Å². The molecule has 7 heteroatoms. The Morgan fingerprint density at radius 1 is 1.45 bits per heavy atom. The molecule has 2 rings (SSSR count). The summed E-state index contributed by atoms with van der Waals surface area (Å²) in [7, 11) is 1.91. The first kappa shape index (κ1) is 14.4. The third kappa shape index (κ3) is 3.30. The molecule has 0 spiro atoms. The molecular formula is C13H18N6S. The van der Waals surface area contributed by atoms with Crippen LogP contribution in [0.1, 0.15) is 29.6 Å². The number of nitrogens with zero attached hydrogens (tertiary/aromatic N) is 4. The molecule has 3 N–H and O–H groups in total. The molecule has 2 aromatic heterocycles. The van der Waals surface area contributed by atoms with E-state index in [-0.39, 0.29) is 4.99 Å². The minimum absolute atomic E-state index is 0.272. The van der Waals surface area contributed by atoms with Gasteiger partial charge in [0.2, 0.25) is 5.95 Å². The Kier molecular flexibility index (Phi) is 4.29. The number of nitrogens with one attached hydrogen (secondary N) is 1. The van der Waals surface area contributed by atoms with Gasteiger partial charge in [0, 0.05) is 31.0 Å². The smallest absolute Gasteiger partial charge is 0.223 e. The first-order valence-electron chi connectivity index (χ1n) is 6.40. The summed E-state index contributed by atoms with van der Waals surface area (Å²) in [6.07, 6.45) is 2.89. The fourth-order valence-electron chi connectivity index (χ4n) is 1.98. The summed E-state index contributed by atoms with van der Waals surface area (Å²) >= 11 is 4.95. The van der Waals surface area contributed by atoms with Crippen LogP contribution in [-0.2, 0) is 20.0 Å². The SMILES string of the molecule is CCc1nn(C)cc1CNc1nc(C)cc(C(N)=S)n1. The molecule has 2 aromatic rings. The predicted molar refractivity (Wildman–Crippen MR) is 82.6 cm³/mol. The van der Waals surface area contributed by atoms with Gasteiger partial charge in [-0.1, -0.05) is 19.1 Å². The van der Waals surface area contributed by atoms with Crippen molar-refractivity contribution >= 4 is 23.2 Å². The molecule has 0 bridgehead atoms. The van der Waals surface area contributed by atoms with Gasteiger partial charge in [-0.3, -0.25) is 4.68 Å². The molecule has 2 heterocycles. The summed E-state index contributed by atoms with van der Waals surface area (Å²) in [5, 5.41) is 7.59. The molecule has 106 valence electrons. The average molecular weight is 290 g/mol. The summed E-state index contributed by atoms with van der Waals surface area (Å²) in [5.41, 5.74) is 9.22. The number of nitrogens with two attached hydrogens (primary N) is 1. The van der Waals surface area contributed by atoms with Crippen LogP contribution in [0.5, 0.6) is 0 Å². The standard InChI is InChI=1S/C13H18N6S/c1-4-10-9(7-19(3)18-10)6-15-13-16-8(2)5-11(17-13)12(14)20/h5,7H,4,6H2,1-3H3,(H2,14,20)(H,15,16,17). The Morgan fingerprint density at radius 3 is 2.85 bits per heavy atom. The van der Waals surface area contributed by atoms with E-state index in [0.717, 1.165) is 23.4 Å². The van der Waals surface area contributed by atoms with Crippen LogP contribution in [0.2, 0.25) is 0 Å². The number of hydrogen-bond acceptors (Lipinski definition) is 5. The van der Waals surface area contributed by atoms with Gasteiger partial charge < -0.3 is 11.1 Å². The van der Waals surface area contributed by atoms with Gasteiger partial charge in [0.05, 0.1) is 5.69 Å². The van der Waals surface area contributed by atoms with Crippen molar-refractivity contribution in [1.82, 2.24) is 19.7 Å². The Labute approximate surface area is 123 Å². The first-order valence-corrected chi connectivity index (χ1v) is 6.81. The molecule has 20 heavy (non-hydrogen) atoms. The summed E-state index contributed by atoms with van der Waals surface area (Å²) in [5.74, 6) is 0.527. The number of thiocarbonyl (C=S) groups is 1. The molecule has 0 amide bonds. The highest BCUT2D eigenvalue weighted by molar-refractivity contribution is 7.80. The van der Waals surface area contributed by atoms with Crippen molar-refractivity contribution in [2.24, 2.45) is 12.8 Å². The lowest BCUT2D eigenvalue weighted by molar-refractivity contribution is 0.746. The van der Waals surface area contributed by atoms with Gasteiger partial charge in [0.1, 0.15) is 10.7 Å². The number of hydrogen-bond donors (Lipinski definition) is 2. The van der Waals surface area contributed by atoms with Crippen molar-refractivity contribution in [1.29, 1.82) is 0 Å². The lowest BCUT2D eigenvalue weighted by Gasteiger charge is -2.07. The highest BCUT2D eigenvalue weighted by Gasteiger charge is 2.08. The van der Waals surface area contributed by atoms with Gasteiger partial charge in [-0.25, -0.2) is 9.97 Å². The van der Waals surface area contributed by atoms with Crippen LogP contribution in [0.25, 0.3) is 0 Å². The van der Waals surface area contributed by atoms with Gasteiger partial charge in [0.15, 0.2) is 0 Å². The van der Waals surface area contributed by atoms with Crippen LogP contribution in [0.15, 0.2) is 12.3 Å². The zero-order chi connectivity index (χ0) is 14.7. The van der Waals surface area contributed by atoms with E-state index < -0.39 is 0 Å². The van der Waals surface area contributed by atoms with E-state index in [1.165, 1.54) is 0 Å². The maximum absolute atomic E-state index is 5.61. The van der Waals surface area contributed by atoms with E-state index in [1.54, 1.807) is 6.07 Å². The van der Waals surface area contributed by atoms with Gasteiger partial charge in [0.25, 0.3) is 0 Å². The summed E-state index contributed by atoms with van der Waals surface area (Å²) < 4.78 is 1.81. The van der Waals surface area contributed by atoms with Crippen molar-refractivity contribution in [3.05, 3.63) is 34.9 Å². The molecule has 0 atom stereocenters. The molecule has 6 nitrogen and oxygen atoms in total. The molecule has 0 fully saturated rings. The maximum atomic E-state index is 5.61. The van der Waals surface area contributed by atoms with Gasteiger partial charge in [-0.05, 0) is 19.4 Å². The zero-order valence-corrected chi connectivity index (χ0v) is 12.7. The fourth-order valence-corrected chi connectivity index (χ4v) is 2.08. The molecule has 0 saturated carbocycles. The van der Waals surface area contributed by atoms with Crippen LogP contribution >= 0.6 is 12.2 Å². The van der Waals surface area contributed by atoms with Gasteiger partial charge >= 0.3 is 0 Å². The van der Waals surface area contributed by atoms with E-state index in [1.807, 2.05) is 24.9 Å². The molecule has 0 saturated heterocycles. The summed E-state index contributed by atoms with van der Waals surface area (Å²) in [6, 6.07) is 1.77. The third-order valence-electron chi connectivity index (χ3n) is 2.87. The number of aromatic nitrogens is 4. The molecule has 0 aliphatic carbocycles. The number of anilines is 1. The van der Waals surface area contributed by atoms with E-state index in [0.29, 0.717) is 18.2 Å². The van der Waals surface area contributed by atoms with Crippen LogP contribution < -0.4 is 11.1 Å². The van der Waals surface area contributed by atoms with Crippen LogP contribution in [0.4, 0.5) is 5.95 Å².